The molecule has 0 aliphatic heterocycles. The Balaban J connectivity index is 2.22. The van der Waals surface area contributed by atoms with E-state index in [1.165, 1.54) is 11.3 Å². The molecule has 0 radical (unpaired) electrons. The monoisotopic (exact) mass is 256 g/mol. The standard InChI is InChI=1S/C10H13ClN4S/c1-3-8-13-9(4-2)15(14-8)6-7-5-12-10(11)16-7/h5H,3-4,6H2,1-2H3. The van der Waals surface area contributed by atoms with E-state index in [-0.39, 0.29) is 0 Å². The van der Waals surface area contributed by atoms with E-state index in [1.807, 2.05) is 4.68 Å². The lowest BCUT2D eigenvalue weighted by Crippen LogP contribution is -2.05. The van der Waals surface area contributed by atoms with Gasteiger partial charge in [-0.15, -0.1) is 11.3 Å². The maximum atomic E-state index is 5.79. The molecule has 0 aliphatic rings. The van der Waals surface area contributed by atoms with Gasteiger partial charge in [0.1, 0.15) is 5.82 Å². The Kier molecular flexibility index (Phi) is 3.56. The normalized spacial score (nSPS) is 10.9. The van der Waals surface area contributed by atoms with E-state index >= 15 is 0 Å². The van der Waals surface area contributed by atoms with E-state index in [1.54, 1.807) is 6.20 Å². The van der Waals surface area contributed by atoms with Crippen LogP contribution in [-0.4, -0.2) is 19.7 Å². The third-order valence-electron chi connectivity index (χ3n) is 2.26. The smallest absolute Gasteiger partial charge is 0.183 e. The highest BCUT2D eigenvalue weighted by atomic mass is 35.5. The molecule has 0 aromatic carbocycles. The van der Waals surface area contributed by atoms with Gasteiger partial charge in [0.2, 0.25) is 0 Å². The quantitative estimate of drug-likeness (QED) is 0.845. The Morgan fingerprint density at radius 3 is 2.75 bits per heavy atom. The predicted molar refractivity (Wildman–Crippen MR) is 65.0 cm³/mol. The number of rotatable bonds is 4. The van der Waals surface area contributed by atoms with Crippen LogP contribution in [0.25, 0.3) is 0 Å². The molecular weight excluding hydrogens is 244 g/mol. The van der Waals surface area contributed by atoms with E-state index in [4.69, 9.17) is 11.6 Å². The van der Waals surface area contributed by atoms with E-state index in [2.05, 4.69) is 28.9 Å². The molecule has 0 aliphatic carbocycles. The van der Waals surface area contributed by atoms with Crippen LogP contribution in [0.2, 0.25) is 4.47 Å². The first kappa shape index (κ1) is 11.5. The average Bonchev–Trinajstić information content (AvgIpc) is 2.85. The maximum Gasteiger partial charge on any atom is 0.183 e. The van der Waals surface area contributed by atoms with E-state index in [9.17, 15) is 0 Å². The summed E-state index contributed by atoms with van der Waals surface area (Å²) in [5, 5.41) is 4.45. The van der Waals surface area contributed by atoms with Crippen molar-refractivity contribution in [3.8, 4) is 0 Å². The Morgan fingerprint density at radius 2 is 2.19 bits per heavy atom. The Bertz CT molecular complexity index is 477. The topological polar surface area (TPSA) is 43.6 Å². The molecule has 0 saturated heterocycles. The Labute approximate surface area is 103 Å². The van der Waals surface area contributed by atoms with Crippen LogP contribution in [0, 0.1) is 0 Å². The molecule has 0 unspecified atom stereocenters. The molecule has 0 atom stereocenters. The number of hydrogen-bond acceptors (Lipinski definition) is 4. The molecule has 0 spiro atoms. The number of hydrogen-bond donors (Lipinski definition) is 0. The van der Waals surface area contributed by atoms with E-state index < -0.39 is 0 Å². The van der Waals surface area contributed by atoms with Gasteiger partial charge in [-0.2, -0.15) is 5.10 Å². The molecule has 16 heavy (non-hydrogen) atoms. The predicted octanol–water partition coefficient (Wildman–Crippen LogP) is 2.56. The van der Waals surface area contributed by atoms with Gasteiger partial charge < -0.3 is 0 Å². The summed E-state index contributed by atoms with van der Waals surface area (Å²) in [5.74, 6) is 1.91. The molecule has 2 heterocycles. The minimum atomic E-state index is 0.573. The van der Waals surface area contributed by atoms with Crippen LogP contribution < -0.4 is 0 Å². The molecule has 4 nitrogen and oxygen atoms in total. The lowest BCUT2D eigenvalue weighted by atomic mass is 10.4. The van der Waals surface area contributed by atoms with Crippen molar-refractivity contribution in [3.63, 3.8) is 0 Å². The summed E-state index contributed by atoms with van der Waals surface area (Å²) in [6, 6.07) is 0. The second-order valence-electron chi connectivity index (χ2n) is 3.39. The molecule has 6 heteroatoms. The third kappa shape index (κ3) is 2.41. The van der Waals surface area contributed by atoms with Crippen LogP contribution in [0.1, 0.15) is 30.4 Å². The summed E-state index contributed by atoms with van der Waals surface area (Å²) in [6.07, 6.45) is 3.54. The summed E-state index contributed by atoms with van der Waals surface area (Å²) in [5.41, 5.74) is 0. The second kappa shape index (κ2) is 4.93. The van der Waals surface area contributed by atoms with Gasteiger partial charge in [-0.3, -0.25) is 0 Å². The lowest BCUT2D eigenvalue weighted by Gasteiger charge is -2.00. The highest BCUT2D eigenvalue weighted by Gasteiger charge is 2.09. The molecule has 0 amide bonds. The first-order valence-electron chi connectivity index (χ1n) is 5.25. The molecule has 2 aromatic heterocycles. The minimum Gasteiger partial charge on any atom is -0.245 e. The minimum absolute atomic E-state index is 0.573. The zero-order chi connectivity index (χ0) is 11.5. The fourth-order valence-electron chi connectivity index (χ4n) is 1.47. The van der Waals surface area contributed by atoms with Crippen molar-refractivity contribution in [2.24, 2.45) is 0 Å². The maximum absolute atomic E-state index is 5.79. The highest BCUT2D eigenvalue weighted by Crippen LogP contribution is 2.19. The van der Waals surface area contributed by atoms with Crippen molar-refractivity contribution in [3.05, 3.63) is 27.2 Å². The van der Waals surface area contributed by atoms with Gasteiger partial charge in [0.15, 0.2) is 10.3 Å². The molecule has 0 N–H and O–H groups in total. The molecule has 86 valence electrons. The molecule has 0 fully saturated rings. The van der Waals surface area contributed by atoms with Crippen LogP contribution >= 0.6 is 22.9 Å². The SMILES string of the molecule is CCc1nc(CC)n(Cc2cnc(Cl)s2)n1. The van der Waals surface area contributed by atoms with E-state index in [0.29, 0.717) is 11.0 Å². The van der Waals surface area contributed by atoms with Crippen LogP contribution in [0.3, 0.4) is 0 Å². The van der Waals surface area contributed by atoms with Crippen LogP contribution in [0.4, 0.5) is 0 Å². The molecule has 0 saturated carbocycles. The largest absolute Gasteiger partial charge is 0.245 e. The van der Waals surface area contributed by atoms with Gasteiger partial charge in [0.05, 0.1) is 6.54 Å². The zero-order valence-corrected chi connectivity index (χ0v) is 10.8. The number of thiazole rings is 1. The fraction of sp³-hybridized carbons (Fsp3) is 0.500. The zero-order valence-electron chi connectivity index (χ0n) is 9.27. The number of halogens is 1. The highest BCUT2D eigenvalue weighted by molar-refractivity contribution is 7.15. The molecule has 0 bridgehead atoms. The fourth-order valence-corrected chi connectivity index (χ4v) is 2.43. The van der Waals surface area contributed by atoms with Gasteiger partial charge in [-0.25, -0.2) is 14.6 Å². The van der Waals surface area contributed by atoms with Gasteiger partial charge in [0, 0.05) is 23.9 Å². The van der Waals surface area contributed by atoms with Crippen molar-refractivity contribution in [2.75, 3.05) is 0 Å². The molecule has 2 aromatic rings. The lowest BCUT2D eigenvalue weighted by molar-refractivity contribution is 0.642. The first-order valence-corrected chi connectivity index (χ1v) is 6.45. The van der Waals surface area contributed by atoms with Crippen molar-refractivity contribution < 1.29 is 0 Å². The Morgan fingerprint density at radius 1 is 1.38 bits per heavy atom. The second-order valence-corrected chi connectivity index (χ2v) is 5.09. The van der Waals surface area contributed by atoms with E-state index in [0.717, 1.165) is 29.4 Å². The van der Waals surface area contributed by atoms with Crippen LogP contribution in [0.5, 0.6) is 0 Å². The average molecular weight is 257 g/mol. The summed E-state index contributed by atoms with van der Waals surface area (Å²) in [6.45, 7) is 4.85. The van der Waals surface area contributed by atoms with Gasteiger partial charge in [0.25, 0.3) is 0 Å². The van der Waals surface area contributed by atoms with Gasteiger partial charge in [-0.1, -0.05) is 25.4 Å². The molecular formula is C10H13ClN4S. The summed E-state index contributed by atoms with van der Waals surface area (Å²) in [4.78, 5) is 9.57. The van der Waals surface area contributed by atoms with Crippen molar-refractivity contribution in [1.82, 2.24) is 19.7 Å². The van der Waals surface area contributed by atoms with Crippen molar-refractivity contribution in [2.45, 2.75) is 33.2 Å². The molecule has 2 rings (SSSR count). The number of aryl methyl sites for hydroxylation is 2. The summed E-state index contributed by atoms with van der Waals surface area (Å²) < 4.78 is 2.51. The van der Waals surface area contributed by atoms with Gasteiger partial charge >= 0.3 is 0 Å². The number of nitrogens with zero attached hydrogens (tertiary/aromatic N) is 4. The van der Waals surface area contributed by atoms with Gasteiger partial charge in [-0.05, 0) is 0 Å². The van der Waals surface area contributed by atoms with Crippen molar-refractivity contribution >= 4 is 22.9 Å². The third-order valence-corrected chi connectivity index (χ3v) is 3.36. The summed E-state index contributed by atoms with van der Waals surface area (Å²) in [7, 11) is 0. The number of aromatic nitrogens is 4. The van der Waals surface area contributed by atoms with Crippen molar-refractivity contribution in [1.29, 1.82) is 0 Å². The summed E-state index contributed by atoms with van der Waals surface area (Å²) >= 11 is 7.28. The first-order chi connectivity index (χ1) is 7.72. The van der Waals surface area contributed by atoms with Crippen LogP contribution in [0.15, 0.2) is 6.20 Å². The Hall–Kier alpha value is -0.940. The van der Waals surface area contributed by atoms with Crippen LogP contribution in [-0.2, 0) is 19.4 Å².